The molecular weight excluding hydrogens is 416 g/mol. The van der Waals surface area contributed by atoms with Gasteiger partial charge in [0.2, 0.25) is 10.0 Å². The number of fused-ring (bicyclic) bond motifs is 1. The number of ether oxygens (including phenoxy) is 2. The number of para-hydroxylation sites is 1. The van der Waals surface area contributed by atoms with Gasteiger partial charge in [0.1, 0.15) is 12.4 Å². The third-order valence-electron chi connectivity index (χ3n) is 5.50. The molecule has 162 valence electrons. The monoisotopic (exact) mass is 440 g/mol. The molecule has 1 aliphatic heterocycles. The Hall–Kier alpha value is -2.97. The predicted molar refractivity (Wildman–Crippen MR) is 116 cm³/mol. The molecule has 0 aliphatic carbocycles. The number of hydrogen-bond donors (Lipinski definition) is 0. The van der Waals surface area contributed by atoms with Gasteiger partial charge in [-0.2, -0.15) is 4.31 Å². The van der Waals surface area contributed by atoms with E-state index < -0.39 is 15.9 Å². The SMILES string of the molecule is COc1ccc(S(=O)(=O)N2CCCC(C(=O)OCc3cccc4cccnc34)C2)cc1. The molecule has 0 saturated carbocycles. The molecule has 8 heteroatoms. The number of nitrogens with zero attached hydrogens (tertiary/aromatic N) is 2. The van der Waals surface area contributed by atoms with Crippen molar-refractivity contribution in [1.29, 1.82) is 0 Å². The van der Waals surface area contributed by atoms with E-state index in [0.717, 1.165) is 16.5 Å². The number of piperidine rings is 1. The molecule has 1 aromatic heterocycles. The number of esters is 1. The van der Waals surface area contributed by atoms with E-state index in [4.69, 9.17) is 9.47 Å². The zero-order chi connectivity index (χ0) is 21.8. The molecular formula is C23H24N2O5S. The van der Waals surface area contributed by atoms with Crippen LogP contribution in [0.3, 0.4) is 0 Å². The maximum atomic E-state index is 13.0. The van der Waals surface area contributed by atoms with Gasteiger partial charge in [0.05, 0.1) is 23.4 Å². The van der Waals surface area contributed by atoms with E-state index in [2.05, 4.69) is 4.98 Å². The second-order valence-corrected chi connectivity index (χ2v) is 9.42. The summed E-state index contributed by atoms with van der Waals surface area (Å²) >= 11 is 0. The highest BCUT2D eigenvalue weighted by atomic mass is 32.2. The number of carbonyl (C=O) groups is 1. The first-order valence-electron chi connectivity index (χ1n) is 10.1. The van der Waals surface area contributed by atoms with Gasteiger partial charge in [-0.25, -0.2) is 8.42 Å². The van der Waals surface area contributed by atoms with E-state index in [1.165, 1.54) is 23.5 Å². The van der Waals surface area contributed by atoms with Crippen molar-refractivity contribution < 1.29 is 22.7 Å². The van der Waals surface area contributed by atoms with Gasteiger partial charge >= 0.3 is 5.97 Å². The molecule has 0 spiro atoms. The Morgan fingerprint density at radius 3 is 2.68 bits per heavy atom. The van der Waals surface area contributed by atoms with Crippen LogP contribution in [-0.2, 0) is 26.2 Å². The summed E-state index contributed by atoms with van der Waals surface area (Å²) in [6, 6.07) is 15.8. The molecule has 0 amide bonds. The van der Waals surface area contributed by atoms with Crippen LogP contribution in [0, 0.1) is 5.92 Å². The van der Waals surface area contributed by atoms with Crippen LogP contribution in [0.2, 0.25) is 0 Å². The van der Waals surface area contributed by atoms with E-state index in [-0.39, 0.29) is 24.0 Å². The van der Waals surface area contributed by atoms with Crippen LogP contribution in [0.4, 0.5) is 0 Å². The van der Waals surface area contributed by atoms with Gasteiger partial charge < -0.3 is 9.47 Å². The Morgan fingerprint density at radius 2 is 1.90 bits per heavy atom. The van der Waals surface area contributed by atoms with E-state index in [9.17, 15) is 13.2 Å². The van der Waals surface area contributed by atoms with Crippen LogP contribution in [0.25, 0.3) is 10.9 Å². The van der Waals surface area contributed by atoms with Crippen molar-refractivity contribution in [3.05, 3.63) is 66.4 Å². The van der Waals surface area contributed by atoms with Crippen molar-refractivity contribution >= 4 is 26.9 Å². The fourth-order valence-corrected chi connectivity index (χ4v) is 5.32. The highest BCUT2D eigenvalue weighted by Crippen LogP contribution is 2.26. The van der Waals surface area contributed by atoms with Crippen molar-refractivity contribution in [2.24, 2.45) is 5.92 Å². The number of aromatic nitrogens is 1. The minimum atomic E-state index is -3.69. The highest BCUT2D eigenvalue weighted by Gasteiger charge is 2.34. The van der Waals surface area contributed by atoms with Crippen LogP contribution >= 0.6 is 0 Å². The van der Waals surface area contributed by atoms with Crippen LogP contribution in [0.5, 0.6) is 5.75 Å². The van der Waals surface area contributed by atoms with Crippen LogP contribution < -0.4 is 4.74 Å². The van der Waals surface area contributed by atoms with E-state index >= 15 is 0 Å². The van der Waals surface area contributed by atoms with Gasteiger partial charge in [0.15, 0.2) is 0 Å². The normalized spacial score (nSPS) is 17.4. The number of methoxy groups -OCH3 is 1. The average Bonchev–Trinajstić information content (AvgIpc) is 2.82. The van der Waals surface area contributed by atoms with Crippen LogP contribution in [0.1, 0.15) is 18.4 Å². The number of sulfonamides is 1. The maximum Gasteiger partial charge on any atom is 0.310 e. The fourth-order valence-electron chi connectivity index (χ4n) is 3.80. The Kier molecular flexibility index (Phi) is 6.20. The molecule has 0 N–H and O–H groups in total. The lowest BCUT2D eigenvalue weighted by molar-refractivity contribution is -0.151. The molecule has 3 aromatic rings. The van der Waals surface area contributed by atoms with Crippen LogP contribution in [0.15, 0.2) is 65.7 Å². The summed E-state index contributed by atoms with van der Waals surface area (Å²) in [4.78, 5) is 17.3. The lowest BCUT2D eigenvalue weighted by Crippen LogP contribution is -2.42. The molecule has 0 bridgehead atoms. The Labute approximate surface area is 181 Å². The third-order valence-corrected chi connectivity index (χ3v) is 7.38. The molecule has 1 unspecified atom stereocenters. The summed E-state index contributed by atoms with van der Waals surface area (Å²) in [7, 11) is -2.16. The van der Waals surface area contributed by atoms with Gasteiger partial charge in [-0.1, -0.05) is 24.3 Å². The quantitative estimate of drug-likeness (QED) is 0.546. The number of hydrogen-bond acceptors (Lipinski definition) is 6. The highest BCUT2D eigenvalue weighted by molar-refractivity contribution is 7.89. The molecule has 1 fully saturated rings. The first kappa shape index (κ1) is 21.3. The van der Waals surface area contributed by atoms with E-state index in [1.807, 2.05) is 30.3 Å². The number of carbonyl (C=O) groups excluding carboxylic acids is 1. The van der Waals surface area contributed by atoms with Gasteiger partial charge in [-0.3, -0.25) is 9.78 Å². The Morgan fingerprint density at radius 1 is 1.13 bits per heavy atom. The Balaban J connectivity index is 1.43. The van der Waals surface area contributed by atoms with Crippen molar-refractivity contribution in [3.8, 4) is 5.75 Å². The molecule has 2 aromatic carbocycles. The van der Waals surface area contributed by atoms with Crippen molar-refractivity contribution in [3.63, 3.8) is 0 Å². The fraction of sp³-hybridized carbons (Fsp3) is 0.304. The zero-order valence-electron chi connectivity index (χ0n) is 17.2. The standard InChI is InChI=1S/C23H24N2O5S/c1-29-20-9-11-21(12-10-20)31(27,28)25-14-4-8-18(15-25)23(26)30-16-19-6-2-5-17-7-3-13-24-22(17)19/h2-3,5-7,9-13,18H,4,8,14-16H2,1H3. The minimum Gasteiger partial charge on any atom is -0.497 e. The molecule has 31 heavy (non-hydrogen) atoms. The third kappa shape index (κ3) is 4.55. The van der Waals surface area contributed by atoms with Gasteiger partial charge in [-0.15, -0.1) is 0 Å². The van der Waals surface area contributed by atoms with E-state index in [1.54, 1.807) is 18.3 Å². The Bertz CT molecular complexity index is 1170. The molecule has 4 rings (SSSR count). The summed E-state index contributed by atoms with van der Waals surface area (Å²) in [6.07, 6.45) is 2.91. The lowest BCUT2D eigenvalue weighted by Gasteiger charge is -2.30. The van der Waals surface area contributed by atoms with Crippen molar-refractivity contribution in [2.45, 2.75) is 24.3 Å². The largest absolute Gasteiger partial charge is 0.497 e. The van der Waals surface area contributed by atoms with Crippen molar-refractivity contribution in [2.75, 3.05) is 20.2 Å². The number of benzene rings is 2. The van der Waals surface area contributed by atoms with Gasteiger partial charge in [0, 0.05) is 30.2 Å². The molecule has 1 aliphatic rings. The summed E-state index contributed by atoms with van der Waals surface area (Å²) < 4.78 is 38.0. The average molecular weight is 441 g/mol. The molecule has 0 radical (unpaired) electrons. The van der Waals surface area contributed by atoms with Crippen molar-refractivity contribution in [1.82, 2.24) is 9.29 Å². The van der Waals surface area contributed by atoms with E-state index in [0.29, 0.717) is 25.1 Å². The molecule has 2 heterocycles. The number of pyridine rings is 1. The summed E-state index contributed by atoms with van der Waals surface area (Å²) in [5.41, 5.74) is 1.62. The topological polar surface area (TPSA) is 85.8 Å². The summed E-state index contributed by atoms with van der Waals surface area (Å²) in [6.45, 7) is 0.598. The summed E-state index contributed by atoms with van der Waals surface area (Å²) in [5.74, 6) is -0.297. The molecule has 1 saturated heterocycles. The first-order valence-corrected chi connectivity index (χ1v) is 11.6. The molecule has 1 atom stereocenters. The van der Waals surface area contributed by atoms with Gasteiger partial charge in [0.25, 0.3) is 0 Å². The first-order chi connectivity index (χ1) is 15.0. The molecule has 7 nitrogen and oxygen atoms in total. The minimum absolute atomic E-state index is 0.106. The summed E-state index contributed by atoms with van der Waals surface area (Å²) in [5, 5.41) is 0.977. The predicted octanol–water partition coefficient (Wildman–Crippen LogP) is 3.39. The van der Waals surface area contributed by atoms with Gasteiger partial charge in [-0.05, 0) is 43.2 Å². The smallest absolute Gasteiger partial charge is 0.310 e. The number of rotatable bonds is 6. The maximum absolute atomic E-state index is 13.0. The second-order valence-electron chi connectivity index (χ2n) is 7.48. The van der Waals surface area contributed by atoms with Crippen LogP contribution in [-0.4, -0.2) is 43.9 Å². The second kappa shape index (κ2) is 9.03. The lowest BCUT2D eigenvalue weighted by atomic mass is 10.00. The zero-order valence-corrected chi connectivity index (χ0v) is 18.0.